The van der Waals surface area contributed by atoms with Crippen LogP contribution in [0.15, 0.2) is 75.6 Å². The zero-order valence-electron chi connectivity index (χ0n) is 24.4. The topological polar surface area (TPSA) is 102 Å². The molecule has 8 heteroatoms. The molecule has 2 aliphatic heterocycles. The second-order valence-corrected chi connectivity index (χ2v) is 10.1. The van der Waals surface area contributed by atoms with E-state index in [1.165, 1.54) is 37.7 Å². The molecule has 2 N–H and O–H groups in total. The Labute approximate surface area is 239 Å². The first kappa shape index (κ1) is 31.2. The highest BCUT2D eigenvalue weighted by molar-refractivity contribution is 5.23. The van der Waals surface area contributed by atoms with Gasteiger partial charge in [-0.05, 0) is 56.8 Å². The first-order valence-corrected chi connectivity index (χ1v) is 14.8. The Morgan fingerprint density at radius 3 is 1.98 bits per heavy atom. The number of allylic oxidation sites excluding steroid dienone is 5. The van der Waals surface area contributed by atoms with Crippen molar-refractivity contribution in [1.82, 2.24) is 31.0 Å². The highest BCUT2D eigenvalue weighted by atomic mass is 16.4. The van der Waals surface area contributed by atoms with Crippen LogP contribution in [0.1, 0.15) is 107 Å². The molecule has 0 amide bonds. The van der Waals surface area contributed by atoms with Gasteiger partial charge in [-0.1, -0.05) is 94.3 Å². The standard InChI is InChI=1S/C15H21N3O.C14H17N3O.C3H8/c1-3-5-8-12(4-2)11-14-17-18-15(19-14)13-9-6-7-10-16-13;1-2-6-11(7-3-1)10-13-16-17-14(18-13)12-8-4-5-9-15-12;1-3-2/h3-5,8,13,16H,1,6-7,9-11H2,2H3;1-3,6-7,12,15H,4-5,8-10H2;3H2,1-2H3/b8-5-,12-4+;;. The summed E-state index contributed by atoms with van der Waals surface area (Å²) in [4.78, 5) is 0. The maximum absolute atomic E-state index is 5.75. The molecule has 2 fully saturated rings. The molecule has 2 aromatic heterocycles. The SMILES string of the molecule is C=C/C=C\C(=C/C)Cc1nnc(C2CCCCN2)o1.CCC.c1ccc(Cc2nnc(C3CCCCN3)o2)cc1. The summed E-state index contributed by atoms with van der Waals surface area (Å²) >= 11 is 0. The summed E-state index contributed by atoms with van der Waals surface area (Å²) < 4.78 is 11.5. The lowest BCUT2D eigenvalue weighted by molar-refractivity contribution is 0.330. The fraction of sp³-hybridized carbons (Fsp3) is 0.500. The zero-order chi connectivity index (χ0) is 28.4. The van der Waals surface area contributed by atoms with Gasteiger partial charge in [-0.3, -0.25) is 0 Å². The Bertz CT molecular complexity index is 1160. The van der Waals surface area contributed by atoms with Gasteiger partial charge in [0.2, 0.25) is 23.6 Å². The second-order valence-electron chi connectivity index (χ2n) is 10.1. The van der Waals surface area contributed by atoms with Crippen molar-refractivity contribution in [3.05, 3.63) is 95.9 Å². The van der Waals surface area contributed by atoms with Gasteiger partial charge in [-0.15, -0.1) is 20.4 Å². The van der Waals surface area contributed by atoms with Crippen molar-refractivity contribution < 1.29 is 8.83 Å². The van der Waals surface area contributed by atoms with Crippen molar-refractivity contribution in [2.75, 3.05) is 13.1 Å². The van der Waals surface area contributed by atoms with Gasteiger partial charge in [0.25, 0.3) is 0 Å². The Balaban J connectivity index is 0.000000201. The summed E-state index contributed by atoms with van der Waals surface area (Å²) in [6, 6.07) is 10.7. The van der Waals surface area contributed by atoms with Crippen molar-refractivity contribution >= 4 is 0 Å². The monoisotopic (exact) mass is 546 g/mol. The Kier molecular flexibility index (Phi) is 14.1. The summed E-state index contributed by atoms with van der Waals surface area (Å²) in [5.41, 5.74) is 2.34. The molecule has 8 nitrogen and oxygen atoms in total. The van der Waals surface area contributed by atoms with Gasteiger partial charge >= 0.3 is 0 Å². The molecule has 2 saturated heterocycles. The minimum absolute atomic E-state index is 0.229. The van der Waals surface area contributed by atoms with Crippen molar-refractivity contribution in [2.24, 2.45) is 0 Å². The molecule has 2 aliphatic rings. The molecule has 3 aromatic rings. The number of benzene rings is 1. The van der Waals surface area contributed by atoms with E-state index in [9.17, 15) is 0 Å². The quantitative estimate of drug-likeness (QED) is 0.291. The van der Waals surface area contributed by atoms with Crippen LogP contribution in [-0.4, -0.2) is 33.5 Å². The molecule has 0 spiro atoms. The van der Waals surface area contributed by atoms with Crippen LogP contribution in [0.4, 0.5) is 0 Å². The van der Waals surface area contributed by atoms with Gasteiger partial charge in [-0.2, -0.15) is 0 Å². The molecule has 4 heterocycles. The summed E-state index contributed by atoms with van der Waals surface area (Å²) in [7, 11) is 0. The third-order valence-electron chi connectivity index (χ3n) is 6.55. The molecular formula is C32H46N6O2. The van der Waals surface area contributed by atoms with Gasteiger partial charge < -0.3 is 19.5 Å². The van der Waals surface area contributed by atoms with Gasteiger partial charge in [0.1, 0.15) is 0 Å². The van der Waals surface area contributed by atoms with Crippen molar-refractivity contribution in [1.29, 1.82) is 0 Å². The molecule has 0 bridgehead atoms. The first-order valence-electron chi connectivity index (χ1n) is 14.8. The van der Waals surface area contributed by atoms with E-state index in [4.69, 9.17) is 8.83 Å². The van der Waals surface area contributed by atoms with E-state index in [2.05, 4.69) is 63.6 Å². The molecule has 2 unspecified atom stereocenters. The number of piperidine rings is 2. The van der Waals surface area contributed by atoms with Gasteiger partial charge in [-0.25, -0.2) is 0 Å². The Morgan fingerprint density at radius 1 is 0.875 bits per heavy atom. The van der Waals surface area contributed by atoms with Crippen LogP contribution < -0.4 is 10.6 Å². The van der Waals surface area contributed by atoms with Crippen LogP contribution in [0.3, 0.4) is 0 Å². The van der Waals surface area contributed by atoms with Gasteiger partial charge in [0.15, 0.2) is 0 Å². The Morgan fingerprint density at radius 2 is 1.45 bits per heavy atom. The number of nitrogens with one attached hydrogen (secondary N) is 2. The lowest BCUT2D eigenvalue weighted by atomic mass is 10.1. The fourth-order valence-electron chi connectivity index (χ4n) is 4.48. The molecule has 0 radical (unpaired) electrons. The van der Waals surface area contributed by atoms with Crippen LogP contribution >= 0.6 is 0 Å². The molecule has 40 heavy (non-hydrogen) atoms. The third kappa shape index (κ3) is 10.7. The predicted molar refractivity (Wildman–Crippen MR) is 160 cm³/mol. The molecule has 0 aliphatic carbocycles. The smallest absolute Gasteiger partial charge is 0.233 e. The molecule has 2 atom stereocenters. The number of rotatable bonds is 8. The van der Waals surface area contributed by atoms with Crippen molar-refractivity contribution in [3.8, 4) is 0 Å². The van der Waals surface area contributed by atoms with Crippen LogP contribution in [-0.2, 0) is 12.8 Å². The molecule has 216 valence electrons. The Hall–Kier alpha value is -3.36. The normalized spacial score (nSPS) is 19.3. The maximum atomic E-state index is 5.75. The average Bonchev–Trinajstić information content (AvgIpc) is 3.68. The number of hydrogen-bond acceptors (Lipinski definition) is 8. The van der Waals surface area contributed by atoms with E-state index in [0.717, 1.165) is 43.3 Å². The van der Waals surface area contributed by atoms with E-state index in [1.54, 1.807) is 6.08 Å². The van der Waals surface area contributed by atoms with E-state index in [1.807, 2.05) is 43.4 Å². The fourth-order valence-corrected chi connectivity index (χ4v) is 4.48. The first-order chi connectivity index (χ1) is 19.7. The van der Waals surface area contributed by atoms with Gasteiger partial charge in [0, 0.05) is 0 Å². The largest absolute Gasteiger partial charge is 0.423 e. The summed E-state index contributed by atoms with van der Waals surface area (Å²) in [5, 5.41) is 23.4. The second kappa shape index (κ2) is 18.1. The predicted octanol–water partition coefficient (Wildman–Crippen LogP) is 7.01. The maximum Gasteiger partial charge on any atom is 0.233 e. The summed E-state index contributed by atoms with van der Waals surface area (Å²) in [6.45, 7) is 12.0. The lowest BCUT2D eigenvalue weighted by Gasteiger charge is -2.19. The highest BCUT2D eigenvalue weighted by Crippen LogP contribution is 2.23. The lowest BCUT2D eigenvalue weighted by Crippen LogP contribution is -2.26. The molecule has 5 rings (SSSR count). The van der Waals surface area contributed by atoms with E-state index in [0.29, 0.717) is 24.6 Å². The minimum Gasteiger partial charge on any atom is -0.423 e. The van der Waals surface area contributed by atoms with E-state index in [-0.39, 0.29) is 12.1 Å². The number of aromatic nitrogens is 4. The van der Waals surface area contributed by atoms with Crippen LogP contribution in [0.25, 0.3) is 0 Å². The molecule has 1 aromatic carbocycles. The zero-order valence-corrected chi connectivity index (χ0v) is 24.4. The number of nitrogens with zero attached hydrogens (tertiary/aromatic N) is 4. The minimum atomic E-state index is 0.229. The van der Waals surface area contributed by atoms with E-state index >= 15 is 0 Å². The summed E-state index contributed by atoms with van der Waals surface area (Å²) in [5.74, 6) is 2.83. The van der Waals surface area contributed by atoms with Crippen molar-refractivity contribution in [3.63, 3.8) is 0 Å². The third-order valence-corrected chi connectivity index (χ3v) is 6.55. The number of hydrogen-bond donors (Lipinski definition) is 2. The van der Waals surface area contributed by atoms with Crippen LogP contribution in [0.2, 0.25) is 0 Å². The van der Waals surface area contributed by atoms with E-state index < -0.39 is 0 Å². The highest BCUT2D eigenvalue weighted by Gasteiger charge is 2.21. The molecular weight excluding hydrogens is 500 g/mol. The van der Waals surface area contributed by atoms with Crippen LogP contribution in [0, 0.1) is 0 Å². The van der Waals surface area contributed by atoms with Crippen LogP contribution in [0.5, 0.6) is 0 Å². The van der Waals surface area contributed by atoms with Crippen molar-refractivity contribution in [2.45, 2.75) is 90.6 Å². The van der Waals surface area contributed by atoms with Gasteiger partial charge in [0.05, 0.1) is 24.9 Å². The summed E-state index contributed by atoms with van der Waals surface area (Å²) in [6.07, 6.45) is 17.4. The average molecular weight is 547 g/mol. The molecule has 0 saturated carbocycles.